The molecule has 134 valence electrons. The molecule has 4 rings (SSSR count). The number of benzene rings is 2. The Morgan fingerprint density at radius 3 is 2.63 bits per heavy atom. The number of hydrogen-bond donors (Lipinski definition) is 1. The van der Waals surface area contributed by atoms with Crippen molar-refractivity contribution in [1.82, 2.24) is 9.88 Å². The molecule has 1 fully saturated rings. The minimum atomic E-state index is -0.120. The third kappa shape index (κ3) is 3.59. The molecule has 0 saturated carbocycles. The van der Waals surface area contributed by atoms with Crippen LogP contribution in [-0.2, 0) is 4.79 Å². The third-order valence-corrected chi connectivity index (χ3v) is 5.45. The van der Waals surface area contributed by atoms with Gasteiger partial charge in [0, 0.05) is 17.6 Å². The Morgan fingerprint density at radius 2 is 1.81 bits per heavy atom. The Balaban J connectivity index is 1.63. The SMILES string of the molecule is Cc1cccc(N=C2NC(=O)/C(=C\c3cccn3-c3ccccc3)S2)c1C. The summed E-state index contributed by atoms with van der Waals surface area (Å²) in [5.41, 5.74) is 5.19. The molecule has 1 saturated heterocycles. The first-order valence-corrected chi connectivity index (χ1v) is 9.52. The Kier molecular flexibility index (Phi) is 4.69. The van der Waals surface area contributed by atoms with Crippen LogP contribution in [0.5, 0.6) is 0 Å². The van der Waals surface area contributed by atoms with Gasteiger partial charge in [0.05, 0.1) is 10.6 Å². The number of carbonyl (C=O) groups excluding carboxylic acids is 1. The van der Waals surface area contributed by atoms with Crippen molar-refractivity contribution in [3.63, 3.8) is 0 Å². The van der Waals surface area contributed by atoms with Gasteiger partial charge >= 0.3 is 0 Å². The lowest BCUT2D eigenvalue weighted by atomic mass is 10.1. The number of hydrogen-bond acceptors (Lipinski definition) is 3. The van der Waals surface area contributed by atoms with E-state index in [0.717, 1.165) is 22.6 Å². The summed E-state index contributed by atoms with van der Waals surface area (Å²) in [5.74, 6) is -0.120. The van der Waals surface area contributed by atoms with Gasteiger partial charge in [0.1, 0.15) is 0 Å². The number of para-hydroxylation sites is 1. The lowest BCUT2D eigenvalue weighted by Gasteiger charge is -2.06. The summed E-state index contributed by atoms with van der Waals surface area (Å²) in [5, 5.41) is 3.48. The van der Waals surface area contributed by atoms with E-state index in [2.05, 4.69) is 27.9 Å². The van der Waals surface area contributed by atoms with Crippen LogP contribution in [-0.4, -0.2) is 15.6 Å². The highest BCUT2D eigenvalue weighted by Gasteiger charge is 2.24. The summed E-state index contributed by atoms with van der Waals surface area (Å²) < 4.78 is 2.06. The summed E-state index contributed by atoms with van der Waals surface area (Å²) in [6.07, 6.45) is 3.89. The van der Waals surface area contributed by atoms with Crippen LogP contribution in [0.25, 0.3) is 11.8 Å². The molecule has 0 radical (unpaired) electrons. The zero-order valence-electron chi connectivity index (χ0n) is 15.1. The molecule has 5 heteroatoms. The fourth-order valence-electron chi connectivity index (χ4n) is 2.92. The number of rotatable bonds is 3. The van der Waals surface area contributed by atoms with Crippen LogP contribution < -0.4 is 5.32 Å². The molecule has 0 aliphatic carbocycles. The highest BCUT2D eigenvalue weighted by Crippen LogP contribution is 2.30. The maximum atomic E-state index is 12.4. The van der Waals surface area contributed by atoms with Crippen molar-refractivity contribution in [3.05, 3.63) is 88.6 Å². The van der Waals surface area contributed by atoms with Crippen molar-refractivity contribution >= 4 is 34.6 Å². The van der Waals surface area contributed by atoms with Gasteiger partial charge < -0.3 is 9.88 Å². The highest BCUT2D eigenvalue weighted by molar-refractivity contribution is 8.18. The van der Waals surface area contributed by atoms with E-state index in [0.29, 0.717) is 10.1 Å². The lowest BCUT2D eigenvalue weighted by Crippen LogP contribution is -2.19. The number of aryl methyl sites for hydroxylation is 1. The van der Waals surface area contributed by atoms with Crippen molar-refractivity contribution in [2.45, 2.75) is 13.8 Å². The molecule has 0 spiro atoms. The predicted molar refractivity (Wildman–Crippen MR) is 112 cm³/mol. The average molecular weight is 373 g/mol. The van der Waals surface area contributed by atoms with Crippen LogP contribution in [0.2, 0.25) is 0 Å². The smallest absolute Gasteiger partial charge is 0.264 e. The number of amides is 1. The third-order valence-electron chi connectivity index (χ3n) is 4.54. The standard InChI is InChI=1S/C22H19N3OS/c1-15-8-6-12-19(16(15)2)23-22-24-21(26)20(27-22)14-18-11-7-13-25(18)17-9-4-3-5-10-17/h3-14H,1-2H3,(H,23,24,26)/b20-14+. The minimum absolute atomic E-state index is 0.120. The van der Waals surface area contributed by atoms with Gasteiger partial charge in [0.2, 0.25) is 0 Å². The van der Waals surface area contributed by atoms with E-state index < -0.39 is 0 Å². The van der Waals surface area contributed by atoms with E-state index in [9.17, 15) is 4.79 Å². The zero-order chi connectivity index (χ0) is 18.8. The van der Waals surface area contributed by atoms with Crippen LogP contribution in [0, 0.1) is 13.8 Å². The Bertz CT molecular complexity index is 1060. The molecule has 2 heterocycles. The van der Waals surface area contributed by atoms with Crippen LogP contribution in [0.15, 0.2) is 76.8 Å². The van der Waals surface area contributed by atoms with Crippen molar-refractivity contribution in [3.8, 4) is 5.69 Å². The number of carbonyl (C=O) groups is 1. The molecule has 1 aromatic heterocycles. The molecule has 3 aromatic rings. The van der Waals surface area contributed by atoms with Crippen molar-refractivity contribution in [1.29, 1.82) is 0 Å². The maximum Gasteiger partial charge on any atom is 0.264 e. The quantitative estimate of drug-likeness (QED) is 0.658. The van der Waals surface area contributed by atoms with Gasteiger partial charge in [-0.05, 0) is 73.1 Å². The lowest BCUT2D eigenvalue weighted by molar-refractivity contribution is -0.115. The van der Waals surface area contributed by atoms with E-state index in [1.54, 1.807) is 0 Å². The summed E-state index contributed by atoms with van der Waals surface area (Å²) in [4.78, 5) is 17.7. The molecule has 0 bridgehead atoms. The molecular formula is C22H19N3OS. The first kappa shape index (κ1) is 17.4. The van der Waals surface area contributed by atoms with E-state index in [4.69, 9.17) is 0 Å². The minimum Gasteiger partial charge on any atom is -0.317 e. The highest BCUT2D eigenvalue weighted by atomic mass is 32.2. The molecule has 1 aliphatic heterocycles. The van der Waals surface area contributed by atoms with E-state index in [1.165, 1.54) is 17.3 Å². The number of aromatic nitrogens is 1. The summed E-state index contributed by atoms with van der Waals surface area (Å²) >= 11 is 1.37. The van der Waals surface area contributed by atoms with Crippen LogP contribution in [0.3, 0.4) is 0 Å². The van der Waals surface area contributed by atoms with Gasteiger partial charge in [-0.3, -0.25) is 4.79 Å². The molecular weight excluding hydrogens is 354 g/mol. The van der Waals surface area contributed by atoms with Crippen LogP contribution in [0.1, 0.15) is 16.8 Å². The molecule has 0 unspecified atom stereocenters. The van der Waals surface area contributed by atoms with Crippen molar-refractivity contribution in [2.24, 2.45) is 4.99 Å². The molecule has 1 N–H and O–H groups in total. The second-order valence-corrected chi connectivity index (χ2v) is 7.37. The Labute approximate surface area is 162 Å². The van der Waals surface area contributed by atoms with Gasteiger partial charge in [0.25, 0.3) is 5.91 Å². The molecule has 1 amide bonds. The fourth-order valence-corrected chi connectivity index (χ4v) is 3.74. The van der Waals surface area contributed by atoms with E-state index >= 15 is 0 Å². The number of nitrogens with one attached hydrogen (secondary N) is 1. The van der Waals surface area contributed by atoms with Crippen LogP contribution in [0.4, 0.5) is 5.69 Å². The molecule has 0 atom stereocenters. The number of nitrogens with zero attached hydrogens (tertiary/aromatic N) is 2. The van der Waals surface area contributed by atoms with Gasteiger partial charge in [0.15, 0.2) is 5.17 Å². The molecule has 27 heavy (non-hydrogen) atoms. The first-order chi connectivity index (χ1) is 13.1. The monoisotopic (exact) mass is 373 g/mol. The fraction of sp³-hybridized carbons (Fsp3) is 0.0909. The van der Waals surface area contributed by atoms with Crippen molar-refractivity contribution < 1.29 is 4.79 Å². The maximum absolute atomic E-state index is 12.4. The second-order valence-electron chi connectivity index (χ2n) is 6.34. The number of aliphatic imine (C=N–C) groups is 1. The Hall–Kier alpha value is -3.05. The topological polar surface area (TPSA) is 46.4 Å². The molecule has 4 nitrogen and oxygen atoms in total. The van der Waals surface area contributed by atoms with E-state index in [1.807, 2.05) is 73.8 Å². The number of amidine groups is 1. The number of thioether (sulfide) groups is 1. The summed E-state index contributed by atoms with van der Waals surface area (Å²) in [7, 11) is 0. The Morgan fingerprint density at radius 1 is 1.00 bits per heavy atom. The largest absolute Gasteiger partial charge is 0.317 e. The molecule has 1 aliphatic rings. The van der Waals surface area contributed by atoms with Gasteiger partial charge in [-0.1, -0.05) is 30.3 Å². The first-order valence-electron chi connectivity index (χ1n) is 8.70. The zero-order valence-corrected chi connectivity index (χ0v) is 16.0. The van der Waals surface area contributed by atoms with E-state index in [-0.39, 0.29) is 5.91 Å². The average Bonchev–Trinajstić information content (AvgIpc) is 3.27. The summed E-state index contributed by atoms with van der Waals surface area (Å²) in [6, 6.07) is 20.0. The predicted octanol–water partition coefficient (Wildman–Crippen LogP) is 4.99. The van der Waals surface area contributed by atoms with Crippen molar-refractivity contribution in [2.75, 3.05) is 0 Å². The second kappa shape index (κ2) is 7.29. The van der Waals surface area contributed by atoms with Gasteiger partial charge in [-0.2, -0.15) is 0 Å². The van der Waals surface area contributed by atoms with Gasteiger partial charge in [-0.25, -0.2) is 4.99 Å². The molecule has 2 aromatic carbocycles. The summed E-state index contributed by atoms with van der Waals surface area (Å²) in [6.45, 7) is 4.10. The van der Waals surface area contributed by atoms with Gasteiger partial charge in [-0.15, -0.1) is 0 Å². The normalized spacial score (nSPS) is 16.9. The van der Waals surface area contributed by atoms with Crippen LogP contribution >= 0.6 is 11.8 Å².